The van der Waals surface area contributed by atoms with Crippen molar-refractivity contribution < 1.29 is 22.3 Å². The molecule has 0 fully saturated rings. The van der Waals surface area contributed by atoms with Crippen LogP contribution in [-0.2, 0) is 16.4 Å². The maximum absolute atomic E-state index is 14.1. The molecule has 1 N–H and O–H groups in total. The van der Waals surface area contributed by atoms with E-state index in [0.29, 0.717) is 16.9 Å². The Morgan fingerprint density at radius 3 is 2.59 bits per heavy atom. The van der Waals surface area contributed by atoms with Crippen LogP contribution in [0.2, 0.25) is 0 Å². The minimum Gasteiger partial charge on any atom is -0.491 e. The zero-order valence-corrected chi connectivity index (χ0v) is 17.8. The molecular formula is C22H19FN4O4S. The van der Waals surface area contributed by atoms with Crippen molar-refractivity contribution in [1.82, 2.24) is 19.7 Å². The number of rotatable bonds is 7. The SMILES string of the molecule is CCOc1ccc(S(=O)(=O)c2ccc(CNC(=O)c3cnc4nccn4c3)cc2)cc1F. The average molecular weight is 454 g/mol. The van der Waals surface area contributed by atoms with Crippen LogP contribution in [0.15, 0.2) is 77.0 Å². The molecule has 0 bridgehead atoms. The molecule has 0 spiro atoms. The minimum absolute atomic E-state index is 0.0000674. The zero-order chi connectivity index (χ0) is 22.7. The highest BCUT2D eigenvalue weighted by Gasteiger charge is 2.20. The molecule has 4 rings (SSSR count). The predicted octanol–water partition coefficient (Wildman–Crippen LogP) is 3.03. The second kappa shape index (κ2) is 8.75. The number of carbonyl (C=O) groups excluding carboxylic acids is 1. The van der Waals surface area contributed by atoms with Crippen LogP contribution in [0, 0.1) is 5.82 Å². The fourth-order valence-electron chi connectivity index (χ4n) is 3.06. The molecule has 4 aromatic rings. The van der Waals surface area contributed by atoms with Gasteiger partial charge in [-0.1, -0.05) is 12.1 Å². The molecule has 0 aliphatic heterocycles. The van der Waals surface area contributed by atoms with Gasteiger partial charge in [-0.25, -0.2) is 22.8 Å². The number of fused-ring (bicyclic) bond motifs is 1. The Labute approximate surface area is 183 Å². The Bertz CT molecular complexity index is 1380. The van der Waals surface area contributed by atoms with E-state index < -0.39 is 15.7 Å². The molecule has 0 aliphatic rings. The van der Waals surface area contributed by atoms with Gasteiger partial charge in [-0.2, -0.15) is 0 Å². The standard InChI is InChI=1S/C22H19FN4O4S/c1-2-31-20-8-7-18(11-19(20)23)32(29,30)17-5-3-15(4-6-17)12-25-21(28)16-13-26-22-24-9-10-27(22)14-16/h3-11,13-14H,2,12H2,1H3,(H,25,28). The Hall–Kier alpha value is -3.79. The molecule has 0 radical (unpaired) electrons. The molecule has 0 atom stereocenters. The number of aromatic nitrogens is 3. The van der Waals surface area contributed by atoms with Gasteiger partial charge in [0.2, 0.25) is 15.6 Å². The molecule has 0 saturated heterocycles. The first-order valence-electron chi connectivity index (χ1n) is 9.72. The second-order valence-corrected chi connectivity index (χ2v) is 8.78. The molecule has 0 aliphatic carbocycles. The van der Waals surface area contributed by atoms with Crippen LogP contribution < -0.4 is 10.1 Å². The summed E-state index contributed by atoms with van der Waals surface area (Å²) in [6.07, 6.45) is 6.33. The van der Waals surface area contributed by atoms with E-state index in [1.807, 2.05) is 0 Å². The van der Waals surface area contributed by atoms with E-state index in [2.05, 4.69) is 15.3 Å². The van der Waals surface area contributed by atoms with Gasteiger partial charge in [-0.05, 0) is 42.8 Å². The fourth-order valence-corrected chi connectivity index (χ4v) is 4.33. The van der Waals surface area contributed by atoms with Crippen molar-refractivity contribution in [3.8, 4) is 5.75 Å². The highest BCUT2D eigenvalue weighted by molar-refractivity contribution is 7.91. The molecule has 32 heavy (non-hydrogen) atoms. The van der Waals surface area contributed by atoms with Crippen LogP contribution in [0.25, 0.3) is 5.78 Å². The van der Waals surface area contributed by atoms with Gasteiger partial charge in [0.15, 0.2) is 11.6 Å². The van der Waals surface area contributed by atoms with Crippen molar-refractivity contribution in [1.29, 1.82) is 0 Å². The number of hydrogen-bond donors (Lipinski definition) is 1. The lowest BCUT2D eigenvalue weighted by molar-refractivity contribution is 0.0950. The highest BCUT2D eigenvalue weighted by Crippen LogP contribution is 2.26. The van der Waals surface area contributed by atoms with E-state index in [-0.39, 0.29) is 34.6 Å². The number of hydrogen-bond acceptors (Lipinski definition) is 6. The summed E-state index contributed by atoms with van der Waals surface area (Å²) in [6.45, 7) is 2.18. The van der Waals surface area contributed by atoms with Gasteiger partial charge in [0.1, 0.15) is 0 Å². The topological polar surface area (TPSA) is 103 Å². The quantitative estimate of drug-likeness (QED) is 0.461. The maximum Gasteiger partial charge on any atom is 0.254 e. The third-order valence-electron chi connectivity index (χ3n) is 4.71. The number of halogens is 1. The van der Waals surface area contributed by atoms with Crippen molar-refractivity contribution in [3.63, 3.8) is 0 Å². The van der Waals surface area contributed by atoms with Crippen LogP contribution in [0.3, 0.4) is 0 Å². The lowest BCUT2D eigenvalue weighted by Crippen LogP contribution is -2.23. The van der Waals surface area contributed by atoms with Gasteiger partial charge in [0.25, 0.3) is 5.91 Å². The summed E-state index contributed by atoms with van der Waals surface area (Å²) in [5.41, 5.74) is 1.07. The van der Waals surface area contributed by atoms with Gasteiger partial charge >= 0.3 is 0 Å². The predicted molar refractivity (Wildman–Crippen MR) is 114 cm³/mol. The van der Waals surface area contributed by atoms with Crippen LogP contribution in [0.1, 0.15) is 22.8 Å². The minimum atomic E-state index is -3.90. The first kappa shape index (κ1) is 21.4. The Morgan fingerprint density at radius 2 is 1.88 bits per heavy atom. The Morgan fingerprint density at radius 1 is 1.12 bits per heavy atom. The number of nitrogens with zero attached hydrogens (tertiary/aromatic N) is 3. The van der Waals surface area contributed by atoms with Gasteiger partial charge in [-0.3, -0.25) is 9.20 Å². The van der Waals surface area contributed by atoms with Crippen molar-refractivity contribution >= 4 is 21.5 Å². The number of sulfone groups is 1. The molecule has 1 amide bonds. The Kier molecular flexibility index (Phi) is 5.87. The zero-order valence-electron chi connectivity index (χ0n) is 17.0. The van der Waals surface area contributed by atoms with Crippen LogP contribution in [0.5, 0.6) is 5.75 Å². The second-order valence-electron chi connectivity index (χ2n) is 6.83. The third kappa shape index (κ3) is 4.30. The first-order chi connectivity index (χ1) is 15.4. The monoisotopic (exact) mass is 454 g/mol. The Balaban J connectivity index is 1.45. The number of ether oxygens (including phenoxy) is 1. The van der Waals surface area contributed by atoms with Crippen molar-refractivity contribution in [2.75, 3.05) is 6.61 Å². The molecular weight excluding hydrogens is 435 g/mol. The molecule has 10 heteroatoms. The lowest BCUT2D eigenvalue weighted by Gasteiger charge is -2.09. The molecule has 164 valence electrons. The van der Waals surface area contributed by atoms with E-state index in [1.165, 1.54) is 30.5 Å². The third-order valence-corrected chi connectivity index (χ3v) is 6.48. The number of imidazole rings is 1. The first-order valence-corrected chi connectivity index (χ1v) is 11.2. The maximum atomic E-state index is 14.1. The normalized spacial score (nSPS) is 11.4. The van der Waals surface area contributed by atoms with E-state index in [9.17, 15) is 17.6 Å². The van der Waals surface area contributed by atoms with Crippen molar-refractivity contribution in [3.05, 3.63) is 84.2 Å². The van der Waals surface area contributed by atoms with Crippen LogP contribution in [0.4, 0.5) is 4.39 Å². The summed E-state index contributed by atoms with van der Waals surface area (Å²) in [4.78, 5) is 20.3. The van der Waals surface area contributed by atoms with Gasteiger partial charge in [0, 0.05) is 31.3 Å². The molecule has 0 saturated carbocycles. The van der Waals surface area contributed by atoms with E-state index in [0.717, 1.165) is 6.07 Å². The largest absolute Gasteiger partial charge is 0.491 e. The molecule has 2 heterocycles. The summed E-state index contributed by atoms with van der Waals surface area (Å²) < 4.78 is 46.5. The van der Waals surface area contributed by atoms with Crippen LogP contribution in [-0.4, -0.2) is 35.3 Å². The average Bonchev–Trinajstić information content (AvgIpc) is 3.27. The summed E-state index contributed by atoms with van der Waals surface area (Å²) in [6, 6.07) is 9.58. The molecule has 2 aromatic heterocycles. The number of carbonyl (C=O) groups is 1. The van der Waals surface area contributed by atoms with Crippen LogP contribution >= 0.6 is 0 Å². The van der Waals surface area contributed by atoms with E-state index in [4.69, 9.17) is 4.74 Å². The lowest BCUT2D eigenvalue weighted by atomic mass is 10.2. The summed E-state index contributed by atoms with van der Waals surface area (Å²) in [7, 11) is -3.90. The van der Waals surface area contributed by atoms with Crippen molar-refractivity contribution in [2.45, 2.75) is 23.3 Å². The highest BCUT2D eigenvalue weighted by atomic mass is 32.2. The van der Waals surface area contributed by atoms with Gasteiger partial charge in [0.05, 0.1) is 22.0 Å². The number of amides is 1. The summed E-state index contributed by atoms with van der Waals surface area (Å²) in [5, 5.41) is 2.76. The molecule has 8 nitrogen and oxygen atoms in total. The molecule has 0 unspecified atom stereocenters. The summed E-state index contributed by atoms with van der Waals surface area (Å²) in [5.74, 6) is -0.573. The van der Waals surface area contributed by atoms with E-state index in [1.54, 1.807) is 42.0 Å². The fraction of sp³-hybridized carbons (Fsp3) is 0.136. The number of nitrogens with one attached hydrogen (secondary N) is 1. The van der Waals surface area contributed by atoms with Crippen molar-refractivity contribution in [2.24, 2.45) is 0 Å². The molecule has 2 aromatic carbocycles. The smallest absolute Gasteiger partial charge is 0.254 e. The summed E-state index contributed by atoms with van der Waals surface area (Å²) >= 11 is 0. The van der Waals surface area contributed by atoms with Gasteiger partial charge in [-0.15, -0.1) is 0 Å². The van der Waals surface area contributed by atoms with Gasteiger partial charge < -0.3 is 10.1 Å². The number of benzene rings is 2. The van der Waals surface area contributed by atoms with E-state index >= 15 is 0 Å².